The minimum Gasteiger partial charge on any atom is -0.351 e. The Morgan fingerprint density at radius 3 is 2.77 bits per heavy atom. The Balaban J connectivity index is 1.75. The standard InChI is InChI=1S/C15H18N6O/c1-16-15(19-10-12-5-2-3-8-18-12)20-11-14(22)21-13-6-4-7-17-9-13/h2-9H,10-11H2,1H3,(H,21,22)(H2,16,19,20). The summed E-state index contributed by atoms with van der Waals surface area (Å²) in [5.74, 6) is 0.362. The molecule has 114 valence electrons. The minimum atomic E-state index is -0.172. The van der Waals surface area contributed by atoms with Gasteiger partial charge in [-0.1, -0.05) is 6.07 Å². The number of hydrogen-bond acceptors (Lipinski definition) is 4. The number of nitrogens with zero attached hydrogens (tertiary/aromatic N) is 3. The van der Waals surface area contributed by atoms with Gasteiger partial charge in [0.2, 0.25) is 5.91 Å². The van der Waals surface area contributed by atoms with Crippen LogP contribution < -0.4 is 16.0 Å². The van der Waals surface area contributed by atoms with Gasteiger partial charge in [-0.3, -0.25) is 19.8 Å². The van der Waals surface area contributed by atoms with Crippen molar-refractivity contribution in [1.29, 1.82) is 0 Å². The topological polar surface area (TPSA) is 91.3 Å². The van der Waals surface area contributed by atoms with Crippen molar-refractivity contribution in [3.05, 3.63) is 54.6 Å². The Kier molecular flexibility index (Phi) is 5.86. The molecule has 0 radical (unpaired) electrons. The molecular weight excluding hydrogens is 280 g/mol. The van der Waals surface area contributed by atoms with Crippen LogP contribution in [0.4, 0.5) is 5.69 Å². The van der Waals surface area contributed by atoms with Gasteiger partial charge in [-0.05, 0) is 24.3 Å². The van der Waals surface area contributed by atoms with E-state index < -0.39 is 0 Å². The molecule has 0 aromatic carbocycles. The highest BCUT2D eigenvalue weighted by Gasteiger charge is 2.04. The van der Waals surface area contributed by atoms with Crippen LogP contribution in [0.5, 0.6) is 0 Å². The zero-order valence-electron chi connectivity index (χ0n) is 12.3. The Hall–Kier alpha value is -2.96. The number of aliphatic imine (C=N–C) groups is 1. The van der Waals surface area contributed by atoms with Gasteiger partial charge in [-0.15, -0.1) is 0 Å². The number of aromatic nitrogens is 2. The smallest absolute Gasteiger partial charge is 0.243 e. The van der Waals surface area contributed by atoms with E-state index in [0.29, 0.717) is 18.2 Å². The molecule has 1 amide bonds. The zero-order valence-corrected chi connectivity index (χ0v) is 12.3. The summed E-state index contributed by atoms with van der Waals surface area (Å²) in [6, 6.07) is 9.23. The molecule has 0 fully saturated rings. The van der Waals surface area contributed by atoms with E-state index in [2.05, 4.69) is 30.9 Å². The molecule has 2 heterocycles. The van der Waals surface area contributed by atoms with Crippen LogP contribution in [0.1, 0.15) is 5.69 Å². The molecule has 0 aliphatic heterocycles. The summed E-state index contributed by atoms with van der Waals surface area (Å²) in [5, 5.41) is 8.76. The minimum absolute atomic E-state index is 0.108. The predicted molar refractivity (Wildman–Crippen MR) is 85.3 cm³/mol. The largest absolute Gasteiger partial charge is 0.351 e. The molecule has 0 atom stereocenters. The van der Waals surface area contributed by atoms with Gasteiger partial charge in [0, 0.05) is 19.4 Å². The molecule has 0 spiro atoms. The molecule has 0 saturated carbocycles. The molecular formula is C15H18N6O. The average molecular weight is 298 g/mol. The van der Waals surface area contributed by atoms with E-state index >= 15 is 0 Å². The van der Waals surface area contributed by atoms with E-state index in [-0.39, 0.29) is 12.5 Å². The number of carbonyl (C=O) groups excluding carboxylic acids is 1. The number of nitrogens with one attached hydrogen (secondary N) is 3. The van der Waals surface area contributed by atoms with E-state index in [0.717, 1.165) is 5.69 Å². The van der Waals surface area contributed by atoms with Crippen LogP contribution >= 0.6 is 0 Å². The lowest BCUT2D eigenvalue weighted by Gasteiger charge is -2.11. The zero-order chi connectivity index (χ0) is 15.6. The second kappa shape index (κ2) is 8.35. The number of carbonyl (C=O) groups is 1. The highest BCUT2D eigenvalue weighted by Crippen LogP contribution is 2.01. The molecule has 0 saturated heterocycles. The van der Waals surface area contributed by atoms with Gasteiger partial charge in [0.15, 0.2) is 5.96 Å². The Morgan fingerprint density at radius 1 is 1.18 bits per heavy atom. The van der Waals surface area contributed by atoms with Crippen LogP contribution in [0.3, 0.4) is 0 Å². The molecule has 2 aromatic heterocycles. The maximum atomic E-state index is 11.8. The molecule has 0 aliphatic carbocycles. The average Bonchev–Trinajstić information content (AvgIpc) is 2.57. The number of anilines is 1. The quantitative estimate of drug-likeness (QED) is 0.560. The lowest BCUT2D eigenvalue weighted by Crippen LogP contribution is -2.41. The summed E-state index contributed by atoms with van der Waals surface area (Å²) < 4.78 is 0. The van der Waals surface area contributed by atoms with Crippen LogP contribution in [0, 0.1) is 0 Å². The van der Waals surface area contributed by atoms with Crippen molar-refractivity contribution in [3.8, 4) is 0 Å². The van der Waals surface area contributed by atoms with Crippen molar-refractivity contribution in [2.75, 3.05) is 18.9 Å². The maximum absolute atomic E-state index is 11.8. The van der Waals surface area contributed by atoms with Crippen LogP contribution in [-0.2, 0) is 11.3 Å². The first kappa shape index (κ1) is 15.4. The van der Waals surface area contributed by atoms with Crippen molar-refractivity contribution in [2.24, 2.45) is 4.99 Å². The third-order valence-electron chi connectivity index (χ3n) is 2.75. The fourth-order valence-corrected chi connectivity index (χ4v) is 1.70. The molecule has 2 aromatic rings. The van der Waals surface area contributed by atoms with Crippen LogP contribution in [-0.4, -0.2) is 35.4 Å². The highest BCUT2D eigenvalue weighted by molar-refractivity contribution is 5.94. The van der Waals surface area contributed by atoms with Gasteiger partial charge < -0.3 is 16.0 Å². The summed E-state index contributed by atoms with van der Waals surface area (Å²) in [6.45, 7) is 0.640. The fraction of sp³-hybridized carbons (Fsp3) is 0.200. The third kappa shape index (κ3) is 5.20. The Labute approximate surface area is 128 Å². The second-order valence-corrected chi connectivity index (χ2v) is 4.39. The van der Waals surface area contributed by atoms with Crippen LogP contribution in [0.15, 0.2) is 53.9 Å². The van der Waals surface area contributed by atoms with Gasteiger partial charge in [-0.2, -0.15) is 0 Å². The van der Waals surface area contributed by atoms with Crippen molar-refractivity contribution in [1.82, 2.24) is 20.6 Å². The van der Waals surface area contributed by atoms with Crippen LogP contribution in [0.25, 0.3) is 0 Å². The van der Waals surface area contributed by atoms with E-state index in [4.69, 9.17) is 0 Å². The monoisotopic (exact) mass is 298 g/mol. The number of pyridine rings is 2. The number of guanidine groups is 1. The Bertz CT molecular complexity index is 614. The summed E-state index contributed by atoms with van der Waals surface area (Å²) in [7, 11) is 1.65. The molecule has 3 N–H and O–H groups in total. The molecule has 0 aliphatic rings. The van der Waals surface area contributed by atoms with E-state index in [1.54, 1.807) is 37.8 Å². The fourth-order valence-electron chi connectivity index (χ4n) is 1.70. The van der Waals surface area contributed by atoms with Crippen molar-refractivity contribution in [2.45, 2.75) is 6.54 Å². The number of hydrogen-bond donors (Lipinski definition) is 3. The normalized spacial score (nSPS) is 10.9. The molecule has 0 bridgehead atoms. The maximum Gasteiger partial charge on any atom is 0.243 e. The molecule has 7 heteroatoms. The van der Waals surface area contributed by atoms with Crippen molar-refractivity contribution < 1.29 is 4.79 Å². The molecule has 7 nitrogen and oxygen atoms in total. The van der Waals surface area contributed by atoms with Crippen LogP contribution in [0.2, 0.25) is 0 Å². The molecule has 22 heavy (non-hydrogen) atoms. The number of amides is 1. The molecule has 2 rings (SSSR count). The summed E-state index contributed by atoms with van der Waals surface area (Å²) >= 11 is 0. The van der Waals surface area contributed by atoms with E-state index in [9.17, 15) is 4.79 Å². The van der Waals surface area contributed by atoms with E-state index in [1.807, 2.05) is 18.2 Å². The first-order valence-electron chi connectivity index (χ1n) is 6.82. The first-order chi connectivity index (χ1) is 10.8. The summed E-state index contributed by atoms with van der Waals surface area (Å²) in [5.41, 5.74) is 1.55. The highest BCUT2D eigenvalue weighted by atomic mass is 16.1. The third-order valence-corrected chi connectivity index (χ3v) is 2.75. The predicted octanol–water partition coefficient (Wildman–Crippen LogP) is 0.780. The van der Waals surface area contributed by atoms with Gasteiger partial charge >= 0.3 is 0 Å². The van der Waals surface area contributed by atoms with Gasteiger partial charge in [0.1, 0.15) is 0 Å². The lowest BCUT2D eigenvalue weighted by molar-refractivity contribution is -0.115. The second-order valence-electron chi connectivity index (χ2n) is 4.39. The molecule has 0 unspecified atom stereocenters. The lowest BCUT2D eigenvalue weighted by atomic mass is 10.3. The first-order valence-corrected chi connectivity index (χ1v) is 6.82. The van der Waals surface area contributed by atoms with Gasteiger partial charge in [0.25, 0.3) is 0 Å². The Morgan fingerprint density at radius 2 is 2.09 bits per heavy atom. The van der Waals surface area contributed by atoms with Gasteiger partial charge in [-0.25, -0.2) is 0 Å². The number of rotatable bonds is 5. The SMILES string of the molecule is CN=C(NCC(=O)Nc1cccnc1)NCc1ccccn1. The van der Waals surface area contributed by atoms with Gasteiger partial charge in [0.05, 0.1) is 30.7 Å². The van der Waals surface area contributed by atoms with Crippen molar-refractivity contribution >= 4 is 17.6 Å². The van der Waals surface area contributed by atoms with Crippen molar-refractivity contribution in [3.63, 3.8) is 0 Å². The van der Waals surface area contributed by atoms with E-state index in [1.165, 1.54) is 0 Å². The summed E-state index contributed by atoms with van der Waals surface area (Å²) in [6.07, 6.45) is 4.97. The summed E-state index contributed by atoms with van der Waals surface area (Å²) in [4.78, 5) is 24.0.